The summed E-state index contributed by atoms with van der Waals surface area (Å²) in [6.45, 7) is 9.88. The van der Waals surface area contributed by atoms with Crippen LogP contribution in [0.5, 0.6) is 0 Å². The van der Waals surface area contributed by atoms with E-state index in [1.54, 1.807) is 12.1 Å². The van der Waals surface area contributed by atoms with Gasteiger partial charge < -0.3 is 15.1 Å². The molecule has 2 aliphatic rings. The van der Waals surface area contributed by atoms with E-state index < -0.39 is 10.0 Å². The first-order chi connectivity index (χ1) is 12.9. The number of likely N-dealkylation sites (N-methyl/N-ethyl adjacent to an activating group) is 1. The van der Waals surface area contributed by atoms with Crippen LogP contribution in [0.4, 0.5) is 5.69 Å². The van der Waals surface area contributed by atoms with Crippen molar-refractivity contribution in [3.63, 3.8) is 0 Å². The summed E-state index contributed by atoms with van der Waals surface area (Å²) in [5.74, 6) is -0.0913. The molecule has 1 saturated heterocycles. The molecule has 1 aromatic carbocycles. The van der Waals surface area contributed by atoms with Crippen molar-refractivity contribution in [2.75, 3.05) is 62.9 Å². The molecule has 0 bridgehead atoms. The molecule has 8 heteroatoms. The fourth-order valence-corrected chi connectivity index (χ4v) is 4.75. The number of anilines is 1. The Hall–Kier alpha value is -1.64. The number of rotatable bonds is 7. The van der Waals surface area contributed by atoms with Crippen molar-refractivity contribution in [2.24, 2.45) is 0 Å². The molecule has 1 fully saturated rings. The van der Waals surface area contributed by atoms with Crippen LogP contribution in [0.3, 0.4) is 0 Å². The predicted molar refractivity (Wildman–Crippen MR) is 108 cm³/mol. The third kappa shape index (κ3) is 5.00. The smallest absolute Gasteiger partial charge is 0.251 e. The number of carbonyl (C=O) groups excluding carboxylic acids is 1. The molecule has 0 spiro atoms. The van der Waals surface area contributed by atoms with Gasteiger partial charge >= 0.3 is 0 Å². The summed E-state index contributed by atoms with van der Waals surface area (Å²) >= 11 is 0. The molecule has 0 saturated carbocycles. The third-order valence-corrected chi connectivity index (χ3v) is 6.62. The van der Waals surface area contributed by atoms with Crippen LogP contribution in [0.25, 0.3) is 0 Å². The largest absolute Gasteiger partial charge is 0.352 e. The Morgan fingerprint density at radius 1 is 1.11 bits per heavy atom. The van der Waals surface area contributed by atoms with Crippen LogP contribution in [-0.2, 0) is 16.4 Å². The van der Waals surface area contributed by atoms with Gasteiger partial charge in [0.2, 0.25) is 10.0 Å². The van der Waals surface area contributed by atoms with Crippen molar-refractivity contribution in [3.8, 4) is 0 Å². The topological polar surface area (TPSA) is 73.0 Å². The molecule has 150 valence electrons. The summed E-state index contributed by atoms with van der Waals surface area (Å²) < 4.78 is 25.0. The maximum atomic E-state index is 12.4. The zero-order valence-electron chi connectivity index (χ0n) is 16.3. The van der Waals surface area contributed by atoms with Crippen molar-refractivity contribution in [3.05, 3.63) is 29.3 Å². The number of hydrogen-bond acceptors (Lipinski definition) is 5. The average Bonchev–Trinajstić information content (AvgIpc) is 3.09. The molecular formula is C19H30N4O3S. The van der Waals surface area contributed by atoms with Crippen molar-refractivity contribution >= 4 is 21.6 Å². The van der Waals surface area contributed by atoms with Gasteiger partial charge in [-0.3, -0.25) is 9.10 Å². The second-order valence-electron chi connectivity index (χ2n) is 7.31. The minimum atomic E-state index is -3.26. The second-order valence-corrected chi connectivity index (χ2v) is 9.22. The lowest BCUT2D eigenvalue weighted by molar-refractivity contribution is 0.0948. The van der Waals surface area contributed by atoms with Crippen LogP contribution in [0.2, 0.25) is 0 Å². The average molecular weight is 395 g/mol. The van der Waals surface area contributed by atoms with Gasteiger partial charge in [0.25, 0.3) is 5.91 Å². The zero-order valence-corrected chi connectivity index (χ0v) is 17.1. The van der Waals surface area contributed by atoms with Crippen LogP contribution in [0, 0.1) is 0 Å². The van der Waals surface area contributed by atoms with Gasteiger partial charge in [-0.2, -0.15) is 0 Å². The van der Waals surface area contributed by atoms with Gasteiger partial charge in [0.05, 0.1) is 11.9 Å². The van der Waals surface area contributed by atoms with Crippen LogP contribution in [0.1, 0.15) is 29.3 Å². The molecule has 1 amide bonds. The number of carbonyl (C=O) groups is 1. The fraction of sp³-hybridized carbons (Fsp3) is 0.632. The highest BCUT2D eigenvalue weighted by atomic mass is 32.2. The first-order valence-electron chi connectivity index (χ1n) is 9.72. The summed E-state index contributed by atoms with van der Waals surface area (Å²) in [6, 6.07) is 5.27. The molecule has 2 aliphatic heterocycles. The van der Waals surface area contributed by atoms with E-state index in [9.17, 15) is 13.2 Å². The predicted octanol–water partition coefficient (Wildman–Crippen LogP) is 0.766. The number of fused-ring (bicyclic) bond motifs is 1. The van der Waals surface area contributed by atoms with Crippen molar-refractivity contribution in [2.45, 2.75) is 19.8 Å². The standard InChI is InChI=1S/C19H30N4O3S/c1-3-21-11-13-22(14-12-21)9-4-8-20-19(24)17-5-6-18-16(15-17)7-10-23(18)27(2,25)26/h5-6,15H,3-4,7-14H2,1-2H3,(H,20,24). The molecule has 1 N–H and O–H groups in total. The van der Waals surface area contributed by atoms with Gasteiger partial charge in [-0.1, -0.05) is 6.92 Å². The molecule has 0 radical (unpaired) electrons. The van der Waals surface area contributed by atoms with Gasteiger partial charge in [-0.05, 0) is 49.7 Å². The number of nitrogens with one attached hydrogen (secondary N) is 1. The summed E-state index contributed by atoms with van der Waals surface area (Å²) in [6.07, 6.45) is 2.79. The zero-order chi connectivity index (χ0) is 19.4. The summed E-state index contributed by atoms with van der Waals surface area (Å²) in [5, 5.41) is 2.98. The van der Waals surface area contributed by atoms with Gasteiger partial charge in [-0.25, -0.2) is 8.42 Å². The first-order valence-corrected chi connectivity index (χ1v) is 11.6. The molecule has 1 aromatic rings. The summed E-state index contributed by atoms with van der Waals surface area (Å²) in [7, 11) is -3.26. The Morgan fingerprint density at radius 3 is 2.48 bits per heavy atom. The third-order valence-electron chi connectivity index (χ3n) is 5.44. The highest BCUT2D eigenvalue weighted by Crippen LogP contribution is 2.30. The number of sulfonamides is 1. The van der Waals surface area contributed by atoms with E-state index in [2.05, 4.69) is 22.0 Å². The van der Waals surface area contributed by atoms with Gasteiger partial charge in [0.15, 0.2) is 0 Å². The molecule has 27 heavy (non-hydrogen) atoms. The fourth-order valence-electron chi connectivity index (χ4n) is 3.79. The lowest BCUT2D eigenvalue weighted by Gasteiger charge is -2.33. The number of amides is 1. The molecule has 0 atom stereocenters. The highest BCUT2D eigenvalue weighted by molar-refractivity contribution is 7.92. The Balaban J connectivity index is 1.45. The van der Waals surface area contributed by atoms with Crippen molar-refractivity contribution in [1.29, 1.82) is 0 Å². The summed E-state index contributed by atoms with van der Waals surface area (Å²) in [5.41, 5.74) is 2.21. The Kier molecular flexibility index (Phi) is 6.39. The van der Waals surface area contributed by atoms with Gasteiger partial charge in [-0.15, -0.1) is 0 Å². The number of benzene rings is 1. The lowest BCUT2D eigenvalue weighted by atomic mass is 10.1. The van der Waals surface area contributed by atoms with Gasteiger partial charge in [0, 0.05) is 44.8 Å². The molecule has 2 heterocycles. The van der Waals surface area contributed by atoms with Crippen molar-refractivity contribution < 1.29 is 13.2 Å². The Morgan fingerprint density at radius 2 is 1.81 bits per heavy atom. The maximum absolute atomic E-state index is 12.4. The van der Waals surface area contributed by atoms with Crippen LogP contribution in [-0.4, -0.2) is 82.7 Å². The number of hydrogen-bond donors (Lipinski definition) is 1. The van der Waals surface area contributed by atoms with Crippen LogP contribution in [0.15, 0.2) is 18.2 Å². The molecule has 0 unspecified atom stereocenters. The number of nitrogens with zero attached hydrogens (tertiary/aromatic N) is 3. The van der Waals surface area contributed by atoms with E-state index >= 15 is 0 Å². The monoisotopic (exact) mass is 394 g/mol. The van der Waals surface area contributed by atoms with Gasteiger partial charge in [0.1, 0.15) is 0 Å². The van der Waals surface area contributed by atoms with Crippen molar-refractivity contribution in [1.82, 2.24) is 15.1 Å². The normalized spacial score (nSPS) is 18.5. The maximum Gasteiger partial charge on any atom is 0.251 e. The van der Waals surface area contributed by atoms with Crippen LogP contribution >= 0.6 is 0 Å². The van der Waals surface area contributed by atoms with E-state index in [0.29, 0.717) is 30.8 Å². The van der Waals surface area contributed by atoms with E-state index in [0.717, 1.165) is 51.3 Å². The van der Waals surface area contributed by atoms with E-state index in [-0.39, 0.29) is 5.91 Å². The van der Waals surface area contributed by atoms with E-state index in [4.69, 9.17) is 0 Å². The molecular weight excluding hydrogens is 364 g/mol. The first kappa shape index (κ1) is 20.1. The quantitative estimate of drug-likeness (QED) is 0.692. The number of piperazine rings is 1. The minimum absolute atomic E-state index is 0.0913. The molecule has 3 rings (SSSR count). The van der Waals surface area contributed by atoms with E-state index in [1.165, 1.54) is 10.6 Å². The highest BCUT2D eigenvalue weighted by Gasteiger charge is 2.26. The minimum Gasteiger partial charge on any atom is -0.352 e. The SMILES string of the molecule is CCN1CCN(CCCNC(=O)c2ccc3c(c2)CCN3S(C)(=O)=O)CC1. The lowest BCUT2D eigenvalue weighted by Crippen LogP contribution is -2.46. The second kappa shape index (κ2) is 8.58. The van der Waals surface area contributed by atoms with Crippen LogP contribution < -0.4 is 9.62 Å². The Labute approximate surface area is 162 Å². The Bertz CT molecular complexity index is 773. The summed E-state index contributed by atoms with van der Waals surface area (Å²) in [4.78, 5) is 17.3. The molecule has 0 aliphatic carbocycles. The molecule has 7 nitrogen and oxygen atoms in total. The van der Waals surface area contributed by atoms with E-state index in [1.807, 2.05) is 6.07 Å². The molecule has 0 aromatic heterocycles.